The second-order valence-electron chi connectivity index (χ2n) is 5.79. The summed E-state index contributed by atoms with van der Waals surface area (Å²) in [4.78, 5) is 14.5. The third kappa shape index (κ3) is 1.39. The highest BCUT2D eigenvalue weighted by Gasteiger charge is 2.57. The van der Waals surface area contributed by atoms with Crippen LogP contribution in [0.25, 0.3) is 0 Å². The fraction of sp³-hybridized carbons (Fsp3) is 0.235. The average molecular weight is 311 g/mol. The Bertz CT molecular complexity index is 849. The molecule has 3 aliphatic rings. The van der Waals surface area contributed by atoms with Crippen LogP contribution in [0, 0.1) is 0 Å². The van der Waals surface area contributed by atoms with Gasteiger partial charge in [-0.3, -0.25) is 9.69 Å². The minimum Gasteiger partial charge on any atom is -0.491 e. The number of amides is 1. The van der Waals surface area contributed by atoms with Crippen LogP contribution in [0.4, 0.5) is 5.69 Å². The van der Waals surface area contributed by atoms with Crippen molar-refractivity contribution in [1.29, 1.82) is 0 Å². The van der Waals surface area contributed by atoms with Gasteiger partial charge < -0.3 is 19.3 Å². The molecule has 116 valence electrons. The summed E-state index contributed by atoms with van der Waals surface area (Å²) in [5.41, 5.74) is 1.39. The van der Waals surface area contributed by atoms with Crippen LogP contribution < -0.4 is 19.1 Å². The summed E-state index contributed by atoms with van der Waals surface area (Å²) >= 11 is 0. The maximum absolute atomic E-state index is 13.1. The van der Waals surface area contributed by atoms with Crippen molar-refractivity contribution in [1.82, 2.24) is 0 Å². The molecule has 1 N–H and O–H groups in total. The zero-order valence-corrected chi connectivity index (χ0v) is 12.1. The second kappa shape index (κ2) is 4.17. The molecule has 0 saturated heterocycles. The van der Waals surface area contributed by atoms with Crippen LogP contribution in [0.3, 0.4) is 0 Å². The van der Waals surface area contributed by atoms with Crippen molar-refractivity contribution in [2.75, 3.05) is 25.0 Å². The van der Waals surface area contributed by atoms with Gasteiger partial charge >= 0.3 is 0 Å². The van der Waals surface area contributed by atoms with Crippen molar-refractivity contribution in [2.24, 2.45) is 0 Å². The van der Waals surface area contributed by atoms with Gasteiger partial charge in [-0.1, -0.05) is 18.2 Å². The fourth-order valence-electron chi connectivity index (χ4n) is 3.71. The van der Waals surface area contributed by atoms with Gasteiger partial charge in [0.1, 0.15) is 24.5 Å². The van der Waals surface area contributed by atoms with Gasteiger partial charge in [-0.15, -0.1) is 0 Å². The van der Waals surface area contributed by atoms with Crippen LogP contribution in [0.1, 0.15) is 11.1 Å². The number of aliphatic hydroxyl groups is 1. The molecule has 0 bridgehead atoms. The number of carbonyl (C=O) groups excluding carboxylic acids is 1. The second-order valence-corrected chi connectivity index (χ2v) is 5.79. The van der Waals surface area contributed by atoms with E-state index in [2.05, 4.69) is 0 Å². The Morgan fingerprint density at radius 2 is 1.83 bits per heavy atom. The van der Waals surface area contributed by atoms with Crippen molar-refractivity contribution >= 4 is 11.6 Å². The SMILES string of the molecule is O=C1N(CO)c2ccccc2C12COc1cc3c(cc12)OCO3. The van der Waals surface area contributed by atoms with Gasteiger partial charge in [0.25, 0.3) is 0 Å². The number of nitrogens with zero attached hydrogens (tertiary/aromatic N) is 1. The molecule has 0 aromatic heterocycles. The maximum atomic E-state index is 13.1. The van der Waals surface area contributed by atoms with Crippen LogP contribution in [0.15, 0.2) is 36.4 Å². The summed E-state index contributed by atoms with van der Waals surface area (Å²) in [6, 6.07) is 11.1. The summed E-state index contributed by atoms with van der Waals surface area (Å²) in [5, 5.41) is 9.65. The molecule has 1 unspecified atom stereocenters. The first kappa shape index (κ1) is 12.8. The fourth-order valence-corrected chi connectivity index (χ4v) is 3.71. The topological polar surface area (TPSA) is 68.2 Å². The van der Waals surface area contributed by atoms with Crippen LogP contribution in [-0.4, -0.2) is 31.1 Å². The molecule has 23 heavy (non-hydrogen) atoms. The highest BCUT2D eigenvalue weighted by Crippen LogP contribution is 2.54. The number of fused-ring (bicyclic) bond motifs is 5. The Balaban J connectivity index is 1.78. The molecule has 0 radical (unpaired) electrons. The number of hydrogen-bond donors (Lipinski definition) is 1. The van der Waals surface area contributed by atoms with Crippen LogP contribution in [0.2, 0.25) is 0 Å². The molecule has 6 nitrogen and oxygen atoms in total. The van der Waals surface area contributed by atoms with E-state index in [1.807, 2.05) is 30.3 Å². The number of hydrogen-bond acceptors (Lipinski definition) is 5. The van der Waals surface area contributed by atoms with Gasteiger partial charge in [0.15, 0.2) is 11.5 Å². The highest BCUT2D eigenvalue weighted by molar-refractivity contribution is 6.11. The molecule has 0 saturated carbocycles. The van der Waals surface area contributed by atoms with Gasteiger partial charge in [-0.05, 0) is 17.7 Å². The number of carbonyl (C=O) groups is 1. The van der Waals surface area contributed by atoms with E-state index in [-0.39, 0.29) is 26.0 Å². The van der Waals surface area contributed by atoms with Crippen LogP contribution >= 0.6 is 0 Å². The predicted octanol–water partition coefficient (Wildman–Crippen LogP) is 1.39. The number of anilines is 1. The monoisotopic (exact) mass is 311 g/mol. The van der Waals surface area contributed by atoms with Crippen molar-refractivity contribution in [3.8, 4) is 17.2 Å². The third-order valence-electron chi connectivity index (χ3n) is 4.79. The summed E-state index contributed by atoms with van der Waals surface area (Å²) in [7, 11) is 0. The molecule has 0 fully saturated rings. The number of para-hydroxylation sites is 1. The summed E-state index contributed by atoms with van der Waals surface area (Å²) in [5.74, 6) is 1.68. The summed E-state index contributed by atoms with van der Waals surface area (Å²) in [6.07, 6.45) is 0. The lowest BCUT2D eigenvalue weighted by Gasteiger charge is -2.22. The van der Waals surface area contributed by atoms with E-state index >= 15 is 0 Å². The first-order valence-corrected chi connectivity index (χ1v) is 7.35. The summed E-state index contributed by atoms with van der Waals surface area (Å²) in [6.45, 7) is 0.00752. The molecule has 1 spiro atoms. The van der Waals surface area contributed by atoms with Crippen molar-refractivity contribution < 1.29 is 24.1 Å². The number of ether oxygens (including phenoxy) is 3. The van der Waals surface area contributed by atoms with Crippen molar-refractivity contribution in [3.63, 3.8) is 0 Å². The molecule has 3 aliphatic heterocycles. The van der Waals surface area contributed by atoms with E-state index in [0.29, 0.717) is 22.9 Å². The minimum atomic E-state index is -0.935. The Hall–Kier alpha value is -2.73. The Morgan fingerprint density at radius 1 is 1.04 bits per heavy atom. The van der Waals surface area contributed by atoms with Crippen LogP contribution in [0.5, 0.6) is 17.2 Å². The number of benzene rings is 2. The van der Waals surface area contributed by atoms with Gasteiger partial charge in [0.05, 0.1) is 5.69 Å². The molecule has 6 heteroatoms. The largest absolute Gasteiger partial charge is 0.491 e. The molecule has 1 atom stereocenters. The highest BCUT2D eigenvalue weighted by atomic mass is 16.7. The molecule has 5 rings (SSSR count). The van der Waals surface area contributed by atoms with E-state index in [0.717, 1.165) is 11.1 Å². The summed E-state index contributed by atoms with van der Waals surface area (Å²) < 4.78 is 16.6. The zero-order chi connectivity index (χ0) is 15.6. The van der Waals surface area contributed by atoms with Gasteiger partial charge in [0, 0.05) is 11.6 Å². The molecular weight excluding hydrogens is 298 g/mol. The van der Waals surface area contributed by atoms with Gasteiger partial charge in [-0.25, -0.2) is 0 Å². The van der Waals surface area contributed by atoms with Crippen molar-refractivity contribution in [2.45, 2.75) is 5.41 Å². The molecule has 2 aromatic carbocycles. The van der Waals surface area contributed by atoms with E-state index in [1.54, 1.807) is 6.07 Å². The van der Waals surface area contributed by atoms with E-state index in [4.69, 9.17) is 14.2 Å². The van der Waals surface area contributed by atoms with Crippen LogP contribution in [-0.2, 0) is 10.2 Å². The molecule has 0 aliphatic carbocycles. The minimum absolute atomic E-state index is 0.165. The molecular formula is C17H13NO5. The van der Waals surface area contributed by atoms with Gasteiger partial charge in [-0.2, -0.15) is 0 Å². The lowest BCUT2D eigenvalue weighted by Crippen LogP contribution is -2.42. The number of aliphatic hydroxyl groups excluding tert-OH is 1. The first-order valence-electron chi connectivity index (χ1n) is 7.35. The molecule has 2 aromatic rings. The Morgan fingerprint density at radius 3 is 2.65 bits per heavy atom. The first-order chi connectivity index (χ1) is 11.3. The Labute approximate surface area is 131 Å². The van der Waals surface area contributed by atoms with Gasteiger partial charge in [0.2, 0.25) is 12.7 Å². The van der Waals surface area contributed by atoms with E-state index in [9.17, 15) is 9.90 Å². The number of rotatable bonds is 1. The Kier molecular flexibility index (Phi) is 2.32. The molecule has 1 amide bonds. The van der Waals surface area contributed by atoms with Crippen molar-refractivity contribution in [3.05, 3.63) is 47.5 Å². The normalized spacial score (nSPS) is 23.2. The smallest absolute Gasteiger partial charge is 0.247 e. The maximum Gasteiger partial charge on any atom is 0.247 e. The standard InChI is InChI=1S/C17H13NO5/c19-8-18-12-4-2-1-3-10(12)17(16(18)20)7-21-13-6-15-14(5-11(13)17)22-9-23-15/h1-6,19H,7-9H2. The average Bonchev–Trinajstić information content (AvgIpc) is 3.23. The van der Waals surface area contributed by atoms with E-state index in [1.165, 1.54) is 4.90 Å². The third-order valence-corrected chi connectivity index (χ3v) is 4.79. The quantitative estimate of drug-likeness (QED) is 0.862. The lowest BCUT2D eigenvalue weighted by molar-refractivity contribution is -0.122. The predicted molar refractivity (Wildman–Crippen MR) is 79.9 cm³/mol. The molecule has 3 heterocycles. The lowest BCUT2D eigenvalue weighted by atomic mass is 9.77. The van der Waals surface area contributed by atoms with E-state index < -0.39 is 5.41 Å². The zero-order valence-electron chi connectivity index (χ0n) is 12.1.